The minimum Gasteiger partial charge on any atom is -0.490 e. The van der Waals surface area contributed by atoms with Crippen LogP contribution in [0.5, 0.6) is 5.75 Å². The number of aliphatic hydroxyl groups excluding tert-OH is 1. The Kier molecular flexibility index (Phi) is 4.96. The predicted molar refractivity (Wildman–Crippen MR) is 99.6 cm³/mol. The summed E-state index contributed by atoms with van der Waals surface area (Å²) in [7, 11) is 0. The molecule has 142 valence electrons. The van der Waals surface area contributed by atoms with Gasteiger partial charge in [0, 0.05) is 43.0 Å². The van der Waals surface area contributed by atoms with E-state index in [-0.39, 0.29) is 12.5 Å². The topological polar surface area (TPSA) is 73.8 Å². The second kappa shape index (κ2) is 7.54. The van der Waals surface area contributed by atoms with Crippen molar-refractivity contribution in [3.8, 4) is 5.75 Å². The number of benzene rings is 2. The SMILES string of the molecule is O=C(NC1c2cc(N3CCNCC3)ccc2OCC1O)c1ccc(F)cc1. The van der Waals surface area contributed by atoms with E-state index in [0.717, 1.165) is 37.4 Å². The van der Waals surface area contributed by atoms with Gasteiger partial charge in [0.1, 0.15) is 24.3 Å². The number of piperazine rings is 1. The summed E-state index contributed by atoms with van der Waals surface area (Å²) in [6.45, 7) is 3.74. The smallest absolute Gasteiger partial charge is 0.251 e. The standard InChI is InChI=1S/C20H22FN3O3/c21-14-3-1-13(2-4-14)20(26)23-19-16-11-15(24-9-7-22-8-10-24)5-6-18(16)27-12-17(19)25/h1-6,11,17,19,22,25H,7-10,12H2,(H,23,26). The fourth-order valence-corrected chi connectivity index (χ4v) is 3.51. The van der Waals surface area contributed by atoms with E-state index in [0.29, 0.717) is 11.3 Å². The van der Waals surface area contributed by atoms with Crippen molar-refractivity contribution in [1.82, 2.24) is 10.6 Å². The molecule has 3 N–H and O–H groups in total. The summed E-state index contributed by atoms with van der Waals surface area (Å²) < 4.78 is 18.7. The van der Waals surface area contributed by atoms with E-state index in [2.05, 4.69) is 15.5 Å². The first-order valence-corrected chi connectivity index (χ1v) is 9.09. The molecule has 1 saturated heterocycles. The number of nitrogens with zero attached hydrogens (tertiary/aromatic N) is 1. The normalized spacial score (nSPS) is 21.9. The molecule has 0 bridgehead atoms. The van der Waals surface area contributed by atoms with Crippen LogP contribution in [0.3, 0.4) is 0 Å². The van der Waals surface area contributed by atoms with Gasteiger partial charge in [-0.2, -0.15) is 0 Å². The zero-order valence-corrected chi connectivity index (χ0v) is 14.8. The van der Waals surface area contributed by atoms with Crippen LogP contribution in [0, 0.1) is 5.82 Å². The van der Waals surface area contributed by atoms with Crippen LogP contribution in [0.15, 0.2) is 42.5 Å². The molecule has 1 amide bonds. The molecule has 0 aliphatic carbocycles. The molecule has 0 spiro atoms. The monoisotopic (exact) mass is 371 g/mol. The Morgan fingerprint density at radius 1 is 1.19 bits per heavy atom. The Bertz CT molecular complexity index is 822. The summed E-state index contributed by atoms with van der Waals surface area (Å²) >= 11 is 0. The van der Waals surface area contributed by atoms with Gasteiger partial charge in [0.05, 0.1) is 6.04 Å². The van der Waals surface area contributed by atoms with Crippen molar-refractivity contribution in [3.05, 3.63) is 59.4 Å². The Morgan fingerprint density at radius 2 is 1.93 bits per heavy atom. The Labute approximate surface area is 156 Å². The lowest BCUT2D eigenvalue weighted by atomic mass is 9.96. The third kappa shape index (κ3) is 3.74. The molecule has 2 unspecified atom stereocenters. The summed E-state index contributed by atoms with van der Waals surface area (Å²) in [5.74, 6) is -0.105. The molecule has 6 nitrogen and oxygen atoms in total. The highest BCUT2D eigenvalue weighted by atomic mass is 19.1. The first-order valence-electron chi connectivity index (χ1n) is 9.09. The highest BCUT2D eigenvalue weighted by Gasteiger charge is 2.32. The van der Waals surface area contributed by atoms with E-state index in [9.17, 15) is 14.3 Å². The summed E-state index contributed by atoms with van der Waals surface area (Å²) in [4.78, 5) is 14.8. The average molecular weight is 371 g/mol. The molecular weight excluding hydrogens is 349 g/mol. The fourth-order valence-electron chi connectivity index (χ4n) is 3.51. The molecule has 0 saturated carbocycles. The lowest BCUT2D eigenvalue weighted by molar-refractivity contribution is 0.0502. The van der Waals surface area contributed by atoms with Gasteiger partial charge in [-0.05, 0) is 42.5 Å². The molecule has 0 radical (unpaired) electrons. The van der Waals surface area contributed by atoms with Crippen LogP contribution in [0.1, 0.15) is 22.0 Å². The molecule has 2 heterocycles. The van der Waals surface area contributed by atoms with Gasteiger partial charge in [0.2, 0.25) is 0 Å². The molecule has 2 aromatic carbocycles. The molecule has 27 heavy (non-hydrogen) atoms. The Morgan fingerprint density at radius 3 is 2.67 bits per heavy atom. The van der Waals surface area contributed by atoms with Gasteiger partial charge < -0.3 is 25.4 Å². The van der Waals surface area contributed by atoms with Gasteiger partial charge in [-0.15, -0.1) is 0 Å². The first kappa shape index (κ1) is 17.8. The van der Waals surface area contributed by atoms with Crippen molar-refractivity contribution in [2.75, 3.05) is 37.7 Å². The van der Waals surface area contributed by atoms with Gasteiger partial charge >= 0.3 is 0 Å². The van der Waals surface area contributed by atoms with Crippen LogP contribution in [0.4, 0.5) is 10.1 Å². The molecule has 4 rings (SSSR count). The number of rotatable bonds is 3. The summed E-state index contributed by atoms with van der Waals surface area (Å²) in [6.07, 6.45) is -0.861. The number of hydrogen-bond acceptors (Lipinski definition) is 5. The molecule has 7 heteroatoms. The van der Waals surface area contributed by atoms with E-state index in [1.165, 1.54) is 24.3 Å². The maximum Gasteiger partial charge on any atom is 0.251 e. The number of amides is 1. The van der Waals surface area contributed by atoms with Crippen LogP contribution in [-0.2, 0) is 0 Å². The molecule has 2 aliphatic heterocycles. The number of nitrogens with one attached hydrogen (secondary N) is 2. The van der Waals surface area contributed by atoms with Gasteiger partial charge in [0.25, 0.3) is 5.91 Å². The number of halogens is 1. The Balaban J connectivity index is 1.59. The minimum absolute atomic E-state index is 0.106. The summed E-state index contributed by atoms with van der Waals surface area (Å²) in [6, 6.07) is 10.6. The number of carbonyl (C=O) groups is 1. The van der Waals surface area contributed by atoms with E-state index in [4.69, 9.17) is 4.74 Å². The quantitative estimate of drug-likeness (QED) is 0.762. The average Bonchev–Trinajstić information content (AvgIpc) is 2.71. The van der Waals surface area contributed by atoms with Crippen molar-refractivity contribution in [3.63, 3.8) is 0 Å². The van der Waals surface area contributed by atoms with E-state index < -0.39 is 18.0 Å². The van der Waals surface area contributed by atoms with Gasteiger partial charge in [-0.25, -0.2) is 4.39 Å². The maximum atomic E-state index is 13.1. The van der Waals surface area contributed by atoms with Crippen LogP contribution >= 0.6 is 0 Å². The largest absolute Gasteiger partial charge is 0.490 e. The van der Waals surface area contributed by atoms with Gasteiger partial charge in [0.15, 0.2) is 0 Å². The number of hydrogen-bond donors (Lipinski definition) is 3. The minimum atomic E-state index is -0.861. The number of carbonyl (C=O) groups excluding carboxylic acids is 1. The number of aliphatic hydroxyl groups is 1. The highest BCUT2D eigenvalue weighted by Crippen LogP contribution is 2.35. The fraction of sp³-hybridized carbons (Fsp3) is 0.350. The van der Waals surface area contributed by atoms with E-state index in [1.807, 2.05) is 18.2 Å². The summed E-state index contributed by atoms with van der Waals surface area (Å²) in [5.41, 5.74) is 2.13. The second-order valence-electron chi connectivity index (χ2n) is 6.80. The number of anilines is 1. The summed E-state index contributed by atoms with van der Waals surface area (Å²) in [5, 5.41) is 16.6. The lowest BCUT2D eigenvalue weighted by Crippen LogP contribution is -2.44. The molecule has 2 aromatic rings. The molecule has 2 aliphatic rings. The molecular formula is C20H22FN3O3. The number of fused-ring (bicyclic) bond motifs is 1. The number of ether oxygens (including phenoxy) is 1. The highest BCUT2D eigenvalue weighted by molar-refractivity contribution is 5.94. The molecule has 2 atom stereocenters. The van der Waals surface area contributed by atoms with Crippen molar-refractivity contribution >= 4 is 11.6 Å². The zero-order valence-electron chi connectivity index (χ0n) is 14.8. The van der Waals surface area contributed by atoms with Crippen LogP contribution in [0.2, 0.25) is 0 Å². The molecule has 0 aromatic heterocycles. The Hall–Kier alpha value is -2.64. The van der Waals surface area contributed by atoms with Crippen molar-refractivity contribution in [2.45, 2.75) is 12.1 Å². The van der Waals surface area contributed by atoms with Crippen LogP contribution < -0.4 is 20.3 Å². The molecule has 1 fully saturated rings. The van der Waals surface area contributed by atoms with Gasteiger partial charge in [-0.1, -0.05) is 0 Å². The maximum absolute atomic E-state index is 13.1. The van der Waals surface area contributed by atoms with Crippen molar-refractivity contribution in [2.24, 2.45) is 0 Å². The van der Waals surface area contributed by atoms with Crippen molar-refractivity contribution < 1.29 is 19.0 Å². The third-order valence-corrected chi connectivity index (χ3v) is 5.00. The first-order chi connectivity index (χ1) is 13.1. The van der Waals surface area contributed by atoms with Crippen molar-refractivity contribution in [1.29, 1.82) is 0 Å². The zero-order chi connectivity index (χ0) is 18.8. The lowest BCUT2D eigenvalue weighted by Gasteiger charge is -2.34. The second-order valence-corrected chi connectivity index (χ2v) is 6.80. The third-order valence-electron chi connectivity index (χ3n) is 5.00. The predicted octanol–water partition coefficient (Wildman–Crippen LogP) is 1.46. The van der Waals surface area contributed by atoms with E-state index >= 15 is 0 Å². The van der Waals surface area contributed by atoms with Gasteiger partial charge in [-0.3, -0.25) is 4.79 Å². The van der Waals surface area contributed by atoms with Crippen LogP contribution in [-0.4, -0.2) is 49.9 Å². The van der Waals surface area contributed by atoms with E-state index in [1.54, 1.807) is 0 Å². The van der Waals surface area contributed by atoms with Crippen LogP contribution in [0.25, 0.3) is 0 Å².